The van der Waals surface area contributed by atoms with Gasteiger partial charge in [0.2, 0.25) is 0 Å². The second-order valence-electron chi connectivity index (χ2n) is 4.84. The van der Waals surface area contributed by atoms with Gasteiger partial charge >= 0.3 is 0 Å². The van der Waals surface area contributed by atoms with E-state index in [1.807, 2.05) is 24.3 Å². The minimum atomic E-state index is 0.682. The van der Waals surface area contributed by atoms with Crippen molar-refractivity contribution in [2.24, 2.45) is 0 Å². The van der Waals surface area contributed by atoms with Crippen molar-refractivity contribution in [1.29, 1.82) is 0 Å². The van der Waals surface area contributed by atoms with Crippen LogP contribution in [0.15, 0.2) is 28.7 Å². The van der Waals surface area contributed by atoms with Gasteiger partial charge in [0.1, 0.15) is 11.6 Å². The standard InChI is InChI=1S/C16H19BrClN3/c1-3-8-19-16-15(17)13(4-2)20-14(21-16)10-11-6-5-7-12(18)9-11/h5-7,9H,3-4,8,10H2,1-2H3,(H,19,20,21). The Labute approximate surface area is 139 Å². The molecule has 0 unspecified atom stereocenters. The summed E-state index contributed by atoms with van der Waals surface area (Å²) < 4.78 is 0.966. The van der Waals surface area contributed by atoms with E-state index in [0.29, 0.717) is 6.42 Å². The third kappa shape index (κ3) is 4.42. The van der Waals surface area contributed by atoms with Crippen LogP contribution in [0.3, 0.4) is 0 Å². The zero-order chi connectivity index (χ0) is 15.2. The SMILES string of the molecule is CCCNc1nc(Cc2cccc(Cl)c2)nc(CC)c1Br. The minimum Gasteiger partial charge on any atom is -0.369 e. The average molecular weight is 369 g/mol. The highest BCUT2D eigenvalue weighted by molar-refractivity contribution is 9.10. The number of rotatable bonds is 6. The predicted octanol–water partition coefficient (Wildman–Crippen LogP) is 4.87. The van der Waals surface area contributed by atoms with E-state index in [0.717, 1.165) is 51.8 Å². The molecule has 0 saturated carbocycles. The summed E-state index contributed by atoms with van der Waals surface area (Å²) in [6.45, 7) is 5.13. The Morgan fingerprint density at radius 3 is 2.71 bits per heavy atom. The van der Waals surface area contributed by atoms with E-state index in [4.69, 9.17) is 11.6 Å². The monoisotopic (exact) mass is 367 g/mol. The summed E-state index contributed by atoms with van der Waals surface area (Å²) in [5.74, 6) is 1.69. The van der Waals surface area contributed by atoms with Crippen LogP contribution in [0, 0.1) is 0 Å². The maximum absolute atomic E-state index is 6.03. The van der Waals surface area contributed by atoms with Crippen LogP contribution in [0.4, 0.5) is 5.82 Å². The Morgan fingerprint density at radius 1 is 1.24 bits per heavy atom. The molecule has 112 valence electrons. The van der Waals surface area contributed by atoms with E-state index in [9.17, 15) is 0 Å². The maximum Gasteiger partial charge on any atom is 0.144 e. The topological polar surface area (TPSA) is 37.8 Å². The van der Waals surface area contributed by atoms with Crippen molar-refractivity contribution in [3.63, 3.8) is 0 Å². The lowest BCUT2D eigenvalue weighted by Crippen LogP contribution is -2.09. The highest BCUT2D eigenvalue weighted by Crippen LogP contribution is 2.25. The van der Waals surface area contributed by atoms with Crippen LogP contribution >= 0.6 is 27.5 Å². The number of halogens is 2. The summed E-state index contributed by atoms with van der Waals surface area (Å²) in [4.78, 5) is 9.27. The van der Waals surface area contributed by atoms with E-state index in [2.05, 4.69) is 45.1 Å². The lowest BCUT2D eigenvalue weighted by atomic mass is 10.1. The Bertz CT molecular complexity index is 616. The van der Waals surface area contributed by atoms with Gasteiger partial charge < -0.3 is 5.32 Å². The van der Waals surface area contributed by atoms with Crippen LogP contribution in [-0.2, 0) is 12.8 Å². The number of aryl methyl sites for hydroxylation is 1. The third-order valence-corrected chi connectivity index (χ3v) is 4.16. The molecule has 0 aliphatic rings. The number of nitrogens with zero attached hydrogens (tertiary/aromatic N) is 2. The normalized spacial score (nSPS) is 10.7. The first-order valence-electron chi connectivity index (χ1n) is 7.17. The van der Waals surface area contributed by atoms with Crippen LogP contribution in [-0.4, -0.2) is 16.5 Å². The van der Waals surface area contributed by atoms with Gasteiger partial charge in [-0.1, -0.05) is 37.6 Å². The lowest BCUT2D eigenvalue weighted by molar-refractivity contribution is 0.883. The van der Waals surface area contributed by atoms with Crippen molar-refractivity contribution in [3.05, 3.63) is 50.8 Å². The summed E-state index contributed by atoms with van der Waals surface area (Å²) >= 11 is 9.63. The fourth-order valence-corrected chi connectivity index (χ4v) is 2.86. The first kappa shape index (κ1) is 16.2. The highest BCUT2D eigenvalue weighted by atomic mass is 79.9. The summed E-state index contributed by atoms with van der Waals surface area (Å²) in [6, 6.07) is 7.83. The first-order valence-corrected chi connectivity index (χ1v) is 8.34. The molecule has 1 aromatic carbocycles. The van der Waals surface area contributed by atoms with E-state index in [1.54, 1.807) is 0 Å². The zero-order valence-corrected chi connectivity index (χ0v) is 14.6. The lowest BCUT2D eigenvalue weighted by Gasteiger charge is -2.12. The van der Waals surface area contributed by atoms with E-state index < -0.39 is 0 Å². The third-order valence-electron chi connectivity index (χ3n) is 3.09. The molecule has 0 saturated heterocycles. The molecule has 0 atom stereocenters. The van der Waals surface area contributed by atoms with Gasteiger partial charge in [-0.05, 0) is 46.5 Å². The Morgan fingerprint density at radius 2 is 2.05 bits per heavy atom. The molecule has 0 amide bonds. The minimum absolute atomic E-state index is 0.682. The average Bonchev–Trinajstić information content (AvgIpc) is 2.47. The smallest absolute Gasteiger partial charge is 0.144 e. The predicted molar refractivity (Wildman–Crippen MR) is 92.1 cm³/mol. The van der Waals surface area contributed by atoms with Crippen molar-refractivity contribution < 1.29 is 0 Å². The fourth-order valence-electron chi connectivity index (χ4n) is 2.05. The molecular formula is C16H19BrClN3. The van der Waals surface area contributed by atoms with Gasteiger partial charge in [0.05, 0.1) is 10.2 Å². The van der Waals surface area contributed by atoms with Crippen LogP contribution in [0.5, 0.6) is 0 Å². The van der Waals surface area contributed by atoms with Gasteiger partial charge in [-0.2, -0.15) is 0 Å². The van der Waals surface area contributed by atoms with Gasteiger partial charge in [-0.3, -0.25) is 0 Å². The second-order valence-corrected chi connectivity index (χ2v) is 6.07. The molecule has 5 heteroatoms. The van der Waals surface area contributed by atoms with Gasteiger partial charge in [-0.25, -0.2) is 9.97 Å². The molecule has 0 spiro atoms. The molecule has 1 aromatic heterocycles. The molecule has 21 heavy (non-hydrogen) atoms. The number of aromatic nitrogens is 2. The number of nitrogens with one attached hydrogen (secondary N) is 1. The highest BCUT2D eigenvalue weighted by Gasteiger charge is 2.11. The Kier molecular flexibility index (Phi) is 6.00. The summed E-state index contributed by atoms with van der Waals surface area (Å²) in [6.07, 6.45) is 2.61. The molecule has 3 nitrogen and oxygen atoms in total. The molecule has 0 fully saturated rings. The summed E-state index contributed by atoms with van der Waals surface area (Å²) in [5, 5.41) is 4.09. The van der Waals surface area contributed by atoms with E-state index >= 15 is 0 Å². The number of hydrogen-bond donors (Lipinski definition) is 1. The van der Waals surface area contributed by atoms with Crippen molar-refractivity contribution >= 4 is 33.3 Å². The van der Waals surface area contributed by atoms with E-state index in [-0.39, 0.29) is 0 Å². The molecule has 0 radical (unpaired) electrons. The van der Waals surface area contributed by atoms with Crippen LogP contribution in [0.25, 0.3) is 0 Å². The van der Waals surface area contributed by atoms with E-state index in [1.165, 1.54) is 0 Å². The van der Waals surface area contributed by atoms with Crippen molar-refractivity contribution in [3.8, 4) is 0 Å². The van der Waals surface area contributed by atoms with Crippen LogP contribution in [0.1, 0.15) is 37.4 Å². The molecule has 1 heterocycles. The first-order chi connectivity index (χ1) is 10.1. The van der Waals surface area contributed by atoms with Gasteiger partial charge in [0.15, 0.2) is 0 Å². The molecule has 2 aromatic rings. The van der Waals surface area contributed by atoms with Gasteiger partial charge in [0, 0.05) is 18.0 Å². The number of anilines is 1. The number of benzene rings is 1. The largest absolute Gasteiger partial charge is 0.369 e. The zero-order valence-electron chi connectivity index (χ0n) is 12.3. The van der Waals surface area contributed by atoms with Gasteiger partial charge in [0.25, 0.3) is 0 Å². The van der Waals surface area contributed by atoms with Gasteiger partial charge in [-0.15, -0.1) is 0 Å². The molecule has 1 N–H and O–H groups in total. The molecule has 0 aliphatic heterocycles. The Balaban J connectivity index is 2.30. The van der Waals surface area contributed by atoms with Crippen LogP contribution < -0.4 is 5.32 Å². The molecule has 0 bridgehead atoms. The quantitative estimate of drug-likeness (QED) is 0.790. The molecule has 2 rings (SSSR count). The second kappa shape index (κ2) is 7.76. The summed E-state index contributed by atoms with van der Waals surface area (Å²) in [7, 11) is 0. The van der Waals surface area contributed by atoms with Crippen molar-refractivity contribution in [2.45, 2.75) is 33.1 Å². The summed E-state index contributed by atoms with van der Waals surface area (Å²) in [5.41, 5.74) is 2.15. The van der Waals surface area contributed by atoms with Crippen molar-refractivity contribution in [2.75, 3.05) is 11.9 Å². The fraction of sp³-hybridized carbons (Fsp3) is 0.375. The Hall–Kier alpha value is -1.13. The van der Waals surface area contributed by atoms with Crippen LogP contribution in [0.2, 0.25) is 5.02 Å². The molecular weight excluding hydrogens is 350 g/mol. The molecule has 0 aliphatic carbocycles. The number of hydrogen-bond acceptors (Lipinski definition) is 3. The maximum atomic E-state index is 6.03. The van der Waals surface area contributed by atoms with Crippen molar-refractivity contribution in [1.82, 2.24) is 9.97 Å².